The highest BCUT2D eigenvalue weighted by atomic mass is 79.9. The number of aliphatic hydroxyl groups excluding tert-OH is 1. The Morgan fingerprint density at radius 2 is 1.94 bits per heavy atom. The predicted octanol–water partition coefficient (Wildman–Crippen LogP) is 1.99. The smallest absolute Gasteiger partial charge is 0.238 e. The van der Waals surface area contributed by atoms with E-state index in [1.165, 1.54) is 0 Å². The highest BCUT2D eigenvalue weighted by molar-refractivity contribution is 9.10. The largest absolute Gasteiger partial charge is 0.395 e. The van der Waals surface area contributed by atoms with Gasteiger partial charge in [-0.15, -0.1) is 0 Å². The topological polar surface area (TPSA) is 61.4 Å². The first-order chi connectivity index (χ1) is 8.52. The van der Waals surface area contributed by atoms with Gasteiger partial charge in [-0.3, -0.25) is 4.79 Å². The minimum absolute atomic E-state index is 0.0310. The summed E-state index contributed by atoms with van der Waals surface area (Å²) in [5.74, 6) is 0.173. The van der Waals surface area contributed by atoms with Crippen LogP contribution >= 0.6 is 15.9 Å². The summed E-state index contributed by atoms with van der Waals surface area (Å²) in [5, 5.41) is 14.9. The minimum Gasteiger partial charge on any atom is -0.395 e. The molecule has 0 spiro atoms. The highest BCUT2D eigenvalue weighted by Gasteiger charge is 2.12. The Hall–Kier alpha value is -0.910. The van der Waals surface area contributed by atoms with E-state index in [0.717, 1.165) is 10.2 Å². The van der Waals surface area contributed by atoms with Gasteiger partial charge in [0.25, 0.3) is 0 Å². The van der Waals surface area contributed by atoms with E-state index < -0.39 is 0 Å². The van der Waals surface area contributed by atoms with Crippen LogP contribution in [0, 0.1) is 5.92 Å². The van der Waals surface area contributed by atoms with Crippen LogP contribution in [0.25, 0.3) is 0 Å². The molecule has 4 nitrogen and oxygen atoms in total. The van der Waals surface area contributed by atoms with Crippen LogP contribution in [0.5, 0.6) is 0 Å². The van der Waals surface area contributed by atoms with Crippen LogP contribution in [0.15, 0.2) is 28.7 Å². The van der Waals surface area contributed by atoms with E-state index in [0.29, 0.717) is 0 Å². The first-order valence-corrected chi connectivity index (χ1v) is 6.72. The summed E-state index contributed by atoms with van der Waals surface area (Å²) in [6, 6.07) is 7.34. The molecule has 1 aromatic rings. The SMILES string of the molecule is CC(C)C(CO)NCC(=O)Nc1ccc(Br)cc1. The van der Waals surface area contributed by atoms with Crippen molar-refractivity contribution >= 4 is 27.5 Å². The average Bonchev–Trinajstić information content (AvgIpc) is 2.32. The van der Waals surface area contributed by atoms with Gasteiger partial charge in [0, 0.05) is 16.2 Å². The molecule has 0 radical (unpaired) electrons. The van der Waals surface area contributed by atoms with Crippen LogP contribution in [0.3, 0.4) is 0 Å². The molecule has 5 heteroatoms. The van der Waals surface area contributed by atoms with E-state index in [1.807, 2.05) is 38.1 Å². The number of hydrogen-bond donors (Lipinski definition) is 3. The van der Waals surface area contributed by atoms with Crippen molar-refractivity contribution in [1.82, 2.24) is 5.32 Å². The van der Waals surface area contributed by atoms with Crippen LogP contribution in [-0.4, -0.2) is 30.2 Å². The standard InChI is InChI=1S/C13H19BrN2O2/c1-9(2)12(8-17)15-7-13(18)16-11-5-3-10(14)4-6-11/h3-6,9,12,15,17H,7-8H2,1-2H3,(H,16,18). The second-order valence-corrected chi connectivity index (χ2v) is 5.38. The lowest BCUT2D eigenvalue weighted by atomic mass is 10.1. The molecule has 1 aromatic carbocycles. The van der Waals surface area contributed by atoms with Gasteiger partial charge < -0.3 is 15.7 Å². The number of amides is 1. The number of aliphatic hydroxyl groups is 1. The maximum Gasteiger partial charge on any atom is 0.238 e. The number of anilines is 1. The Balaban J connectivity index is 2.40. The van der Waals surface area contributed by atoms with Crippen molar-refractivity contribution in [1.29, 1.82) is 0 Å². The molecule has 0 aliphatic rings. The quantitative estimate of drug-likeness (QED) is 0.752. The third-order valence-corrected chi connectivity index (χ3v) is 3.18. The minimum atomic E-state index is -0.114. The molecule has 0 aliphatic carbocycles. The van der Waals surface area contributed by atoms with Gasteiger partial charge in [0.15, 0.2) is 0 Å². The second kappa shape index (κ2) is 7.51. The molecular weight excluding hydrogens is 296 g/mol. The van der Waals surface area contributed by atoms with Gasteiger partial charge in [-0.2, -0.15) is 0 Å². The molecule has 0 fully saturated rings. The molecule has 0 bridgehead atoms. The van der Waals surface area contributed by atoms with Crippen LogP contribution in [-0.2, 0) is 4.79 Å². The van der Waals surface area contributed by atoms with E-state index in [1.54, 1.807) is 0 Å². The Morgan fingerprint density at radius 1 is 1.33 bits per heavy atom. The molecule has 0 heterocycles. The van der Waals surface area contributed by atoms with Gasteiger partial charge in [-0.05, 0) is 30.2 Å². The van der Waals surface area contributed by atoms with Gasteiger partial charge in [0.05, 0.1) is 13.2 Å². The van der Waals surface area contributed by atoms with E-state index in [9.17, 15) is 4.79 Å². The number of carbonyl (C=O) groups is 1. The Kier molecular flexibility index (Phi) is 6.32. The monoisotopic (exact) mass is 314 g/mol. The van der Waals surface area contributed by atoms with Crippen LogP contribution in [0.2, 0.25) is 0 Å². The molecule has 1 atom stereocenters. The first kappa shape index (κ1) is 15.1. The van der Waals surface area contributed by atoms with Gasteiger partial charge in [-0.1, -0.05) is 29.8 Å². The molecule has 0 aromatic heterocycles. The third-order valence-electron chi connectivity index (χ3n) is 2.65. The Bertz CT molecular complexity index is 379. The normalized spacial score (nSPS) is 12.5. The van der Waals surface area contributed by atoms with Gasteiger partial charge >= 0.3 is 0 Å². The van der Waals surface area contributed by atoms with Crippen molar-refractivity contribution in [3.05, 3.63) is 28.7 Å². The number of rotatable bonds is 6. The summed E-state index contributed by atoms with van der Waals surface area (Å²) in [7, 11) is 0. The molecule has 1 unspecified atom stereocenters. The zero-order chi connectivity index (χ0) is 13.5. The first-order valence-electron chi connectivity index (χ1n) is 5.92. The number of hydrogen-bond acceptors (Lipinski definition) is 3. The Labute approximate surface area is 116 Å². The van der Waals surface area contributed by atoms with Crippen molar-refractivity contribution in [2.45, 2.75) is 19.9 Å². The van der Waals surface area contributed by atoms with Crippen molar-refractivity contribution in [2.75, 3.05) is 18.5 Å². The van der Waals surface area contributed by atoms with E-state index >= 15 is 0 Å². The lowest BCUT2D eigenvalue weighted by molar-refractivity contribution is -0.115. The van der Waals surface area contributed by atoms with Crippen LogP contribution < -0.4 is 10.6 Å². The van der Waals surface area contributed by atoms with Gasteiger partial charge in [0.1, 0.15) is 0 Å². The zero-order valence-corrected chi connectivity index (χ0v) is 12.2. The number of nitrogens with one attached hydrogen (secondary N) is 2. The molecule has 3 N–H and O–H groups in total. The fraction of sp³-hybridized carbons (Fsp3) is 0.462. The molecule has 1 rings (SSSR count). The number of carbonyl (C=O) groups excluding carboxylic acids is 1. The van der Waals surface area contributed by atoms with Crippen molar-refractivity contribution in [3.63, 3.8) is 0 Å². The molecule has 1 amide bonds. The van der Waals surface area contributed by atoms with Gasteiger partial charge in [0.2, 0.25) is 5.91 Å². The number of benzene rings is 1. The predicted molar refractivity (Wildman–Crippen MR) is 76.5 cm³/mol. The van der Waals surface area contributed by atoms with Crippen molar-refractivity contribution in [3.8, 4) is 0 Å². The summed E-state index contributed by atoms with van der Waals surface area (Å²) < 4.78 is 0.971. The summed E-state index contributed by atoms with van der Waals surface area (Å²) in [4.78, 5) is 11.7. The molecule has 100 valence electrons. The van der Waals surface area contributed by atoms with Crippen LogP contribution in [0.4, 0.5) is 5.69 Å². The summed E-state index contributed by atoms with van der Waals surface area (Å²) in [6.45, 7) is 4.23. The molecule has 0 aliphatic heterocycles. The lowest BCUT2D eigenvalue weighted by Crippen LogP contribution is -2.41. The number of halogens is 1. The van der Waals surface area contributed by atoms with E-state index in [2.05, 4.69) is 26.6 Å². The average molecular weight is 315 g/mol. The second-order valence-electron chi connectivity index (χ2n) is 4.47. The molecule has 0 saturated heterocycles. The molecule has 18 heavy (non-hydrogen) atoms. The summed E-state index contributed by atoms with van der Waals surface area (Å²) in [6.07, 6.45) is 0. The maximum absolute atomic E-state index is 11.7. The van der Waals surface area contributed by atoms with Crippen LogP contribution in [0.1, 0.15) is 13.8 Å². The molecule has 0 saturated carbocycles. The fourth-order valence-corrected chi connectivity index (χ4v) is 1.74. The summed E-state index contributed by atoms with van der Waals surface area (Å²) in [5.41, 5.74) is 0.759. The lowest BCUT2D eigenvalue weighted by Gasteiger charge is -2.19. The zero-order valence-electron chi connectivity index (χ0n) is 10.6. The van der Waals surface area contributed by atoms with Gasteiger partial charge in [-0.25, -0.2) is 0 Å². The molecular formula is C13H19BrN2O2. The maximum atomic E-state index is 11.7. The Morgan fingerprint density at radius 3 is 2.44 bits per heavy atom. The van der Waals surface area contributed by atoms with E-state index in [-0.39, 0.29) is 31.0 Å². The van der Waals surface area contributed by atoms with Crippen molar-refractivity contribution in [2.24, 2.45) is 5.92 Å². The third kappa shape index (κ3) is 5.16. The highest BCUT2D eigenvalue weighted by Crippen LogP contribution is 2.13. The van der Waals surface area contributed by atoms with Crippen molar-refractivity contribution < 1.29 is 9.90 Å². The van der Waals surface area contributed by atoms with E-state index in [4.69, 9.17) is 5.11 Å². The fourth-order valence-electron chi connectivity index (χ4n) is 1.47. The summed E-state index contributed by atoms with van der Waals surface area (Å²) >= 11 is 3.33.